The fourth-order valence-electron chi connectivity index (χ4n) is 0.632. The van der Waals surface area contributed by atoms with Gasteiger partial charge in [0, 0.05) is 5.02 Å². The van der Waals surface area contributed by atoms with Crippen LogP contribution in [0.4, 0.5) is 0 Å². The lowest BCUT2D eigenvalue weighted by Gasteiger charge is -2.00. The Morgan fingerprint density at radius 3 is 2.50 bits per heavy atom. The van der Waals surface area contributed by atoms with E-state index in [1.807, 2.05) is 0 Å². The summed E-state index contributed by atoms with van der Waals surface area (Å²) in [6.45, 7) is 0.712. The van der Waals surface area contributed by atoms with Crippen LogP contribution in [-0.4, -0.2) is 11.1 Å². The van der Waals surface area contributed by atoms with Gasteiger partial charge in [-0.05, 0) is 24.3 Å². The largest absolute Gasteiger partial charge is 0.478 e. The molecule has 0 saturated carbocycles. The van der Waals surface area contributed by atoms with Gasteiger partial charge in [-0.2, -0.15) is 0 Å². The van der Waals surface area contributed by atoms with Crippen LogP contribution in [-0.2, 0) is 4.79 Å². The number of carboxylic acids is 1. The van der Waals surface area contributed by atoms with E-state index in [0.29, 0.717) is 17.4 Å². The molecule has 0 aliphatic heterocycles. The Morgan fingerprint density at radius 1 is 1.42 bits per heavy atom. The molecule has 1 aromatic carbocycles. The van der Waals surface area contributed by atoms with Crippen LogP contribution in [0.2, 0.25) is 5.02 Å². The van der Waals surface area contributed by atoms with Crippen LogP contribution in [0.15, 0.2) is 24.3 Å². The molecular formula is C8H6ClO3. The van der Waals surface area contributed by atoms with Crippen molar-refractivity contribution in [2.45, 2.75) is 0 Å². The second kappa shape index (κ2) is 3.97. The minimum Gasteiger partial charge on any atom is -0.478 e. The van der Waals surface area contributed by atoms with Crippen LogP contribution in [0.1, 0.15) is 0 Å². The summed E-state index contributed by atoms with van der Waals surface area (Å²) in [4.78, 5) is 10.0. The molecule has 63 valence electrons. The van der Waals surface area contributed by atoms with Crippen molar-refractivity contribution in [3.8, 4) is 5.75 Å². The second-order valence-electron chi connectivity index (χ2n) is 2.03. The summed E-state index contributed by atoms with van der Waals surface area (Å²) in [5.74, 6) is -0.674. The number of carbonyl (C=O) groups is 1. The minimum atomic E-state index is -1.12. The van der Waals surface area contributed by atoms with Crippen molar-refractivity contribution in [3.63, 3.8) is 0 Å². The van der Waals surface area contributed by atoms with E-state index in [9.17, 15) is 4.79 Å². The van der Waals surface area contributed by atoms with E-state index < -0.39 is 5.97 Å². The van der Waals surface area contributed by atoms with Gasteiger partial charge in [0.2, 0.25) is 6.61 Å². The molecule has 1 rings (SSSR count). The highest BCUT2D eigenvalue weighted by Crippen LogP contribution is 2.15. The number of rotatable bonds is 3. The third-order valence-corrected chi connectivity index (χ3v) is 1.36. The molecule has 1 N–H and O–H groups in total. The van der Waals surface area contributed by atoms with Crippen LogP contribution < -0.4 is 4.74 Å². The molecule has 0 amide bonds. The molecule has 0 aromatic heterocycles. The van der Waals surface area contributed by atoms with E-state index in [-0.39, 0.29) is 0 Å². The van der Waals surface area contributed by atoms with Crippen molar-refractivity contribution in [1.82, 2.24) is 0 Å². The molecule has 3 nitrogen and oxygen atoms in total. The number of carboxylic acid groups (broad SMARTS) is 1. The smallest absolute Gasteiger partial charge is 0.349 e. The van der Waals surface area contributed by atoms with E-state index in [2.05, 4.69) is 0 Å². The predicted molar refractivity (Wildman–Crippen MR) is 44.0 cm³/mol. The van der Waals surface area contributed by atoms with Gasteiger partial charge in [0.05, 0.1) is 0 Å². The van der Waals surface area contributed by atoms with Crippen molar-refractivity contribution in [1.29, 1.82) is 0 Å². The molecule has 1 aromatic rings. The summed E-state index contributed by atoms with van der Waals surface area (Å²) in [6.07, 6.45) is 0. The molecular weight excluding hydrogens is 180 g/mol. The van der Waals surface area contributed by atoms with Gasteiger partial charge in [0.25, 0.3) is 0 Å². The van der Waals surface area contributed by atoms with Gasteiger partial charge in [0.1, 0.15) is 5.75 Å². The first kappa shape index (κ1) is 8.87. The lowest BCUT2D eigenvalue weighted by molar-refractivity contribution is -0.135. The first-order valence-corrected chi connectivity index (χ1v) is 3.54. The zero-order chi connectivity index (χ0) is 8.97. The molecule has 12 heavy (non-hydrogen) atoms. The summed E-state index contributed by atoms with van der Waals surface area (Å²) in [5.41, 5.74) is 0. The van der Waals surface area contributed by atoms with Crippen LogP contribution in [0.25, 0.3) is 0 Å². The highest BCUT2D eigenvalue weighted by atomic mass is 35.5. The molecule has 0 saturated heterocycles. The summed E-state index contributed by atoms with van der Waals surface area (Å²) >= 11 is 5.59. The Bertz CT molecular complexity index is 268. The van der Waals surface area contributed by atoms with Crippen LogP contribution >= 0.6 is 11.6 Å². The maximum absolute atomic E-state index is 10.0. The van der Waals surface area contributed by atoms with Crippen molar-refractivity contribution < 1.29 is 14.6 Å². The predicted octanol–water partition coefficient (Wildman–Crippen LogP) is 1.97. The number of ether oxygens (including phenoxy) is 1. The average molecular weight is 186 g/mol. The van der Waals surface area contributed by atoms with E-state index >= 15 is 0 Å². The summed E-state index contributed by atoms with van der Waals surface area (Å²) in [6, 6.07) is 6.41. The molecule has 1 radical (unpaired) electrons. The second-order valence-corrected chi connectivity index (χ2v) is 2.46. The lowest BCUT2D eigenvalue weighted by Crippen LogP contribution is -2.01. The molecule has 0 bridgehead atoms. The molecule has 4 heteroatoms. The topological polar surface area (TPSA) is 46.5 Å². The van der Waals surface area contributed by atoms with Gasteiger partial charge < -0.3 is 9.84 Å². The Hall–Kier alpha value is -1.22. The molecule has 0 aliphatic carbocycles. The quantitative estimate of drug-likeness (QED) is 0.783. The molecule has 0 heterocycles. The third-order valence-electron chi connectivity index (χ3n) is 1.11. The van der Waals surface area contributed by atoms with E-state index in [4.69, 9.17) is 21.4 Å². The monoisotopic (exact) mass is 185 g/mol. The number of aliphatic carboxylic acids is 1. The summed E-state index contributed by atoms with van der Waals surface area (Å²) < 4.78 is 4.74. The zero-order valence-electron chi connectivity index (χ0n) is 6.03. The highest BCUT2D eigenvalue weighted by Gasteiger charge is 1.99. The normalized spacial score (nSPS) is 9.42. The molecule has 0 unspecified atom stereocenters. The first-order valence-electron chi connectivity index (χ1n) is 3.17. The van der Waals surface area contributed by atoms with Crippen molar-refractivity contribution >= 4 is 17.6 Å². The van der Waals surface area contributed by atoms with Gasteiger partial charge in [-0.1, -0.05) is 11.6 Å². The molecule has 0 spiro atoms. The first-order chi connectivity index (χ1) is 5.68. The van der Waals surface area contributed by atoms with E-state index in [1.54, 1.807) is 24.3 Å². The lowest BCUT2D eigenvalue weighted by atomic mass is 10.3. The van der Waals surface area contributed by atoms with Gasteiger partial charge in [-0.3, -0.25) is 0 Å². The third kappa shape index (κ3) is 2.80. The average Bonchev–Trinajstić information content (AvgIpc) is 2.03. The van der Waals surface area contributed by atoms with Crippen LogP contribution in [0, 0.1) is 6.61 Å². The zero-order valence-corrected chi connectivity index (χ0v) is 6.78. The Balaban J connectivity index is 2.53. The maximum atomic E-state index is 10.0. The van der Waals surface area contributed by atoms with Crippen molar-refractivity contribution in [2.24, 2.45) is 0 Å². The number of hydrogen-bond donors (Lipinski definition) is 1. The Labute approximate surface area is 74.5 Å². The SMILES string of the molecule is O=C(O)[CH]Oc1ccc(Cl)cc1. The number of halogens is 1. The standard InChI is InChI=1S/C8H6ClO3/c9-6-1-3-7(4-2-6)12-5-8(10)11/h1-5H,(H,10,11). The Kier molecular flexibility index (Phi) is 2.94. The highest BCUT2D eigenvalue weighted by molar-refractivity contribution is 6.30. The molecule has 0 aliphatic rings. The summed E-state index contributed by atoms with van der Waals surface area (Å²) in [7, 11) is 0. The van der Waals surface area contributed by atoms with Crippen LogP contribution in [0.5, 0.6) is 5.75 Å². The molecule has 0 atom stereocenters. The van der Waals surface area contributed by atoms with Gasteiger partial charge in [-0.25, -0.2) is 4.79 Å². The van der Waals surface area contributed by atoms with Crippen molar-refractivity contribution in [2.75, 3.05) is 0 Å². The fourth-order valence-corrected chi connectivity index (χ4v) is 0.758. The molecule has 0 fully saturated rings. The maximum Gasteiger partial charge on any atom is 0.349 e. The van der Waals surface area contributed by atoms with E-state index in [0.717, 1.165) is 0 Å². The minimum absolute atomic E-state index is 0.446. The van der Waals surface area contributed by atoms with Gasteiger partial charge >= 0.3 is 5.97 Å². The van der Waals surface area contributed by atoms with Gasteiger partial charge in [0.15, 0.2) is 0 Å². The fraction of sp³-hybridized carbons (Fsp3) is 0. The van der Waals surface area contributed by atoms with Gasteiger partial charge in [-0.15, -0.1) is 0 Å². The summed E-state index contributed by atoms with van der Waals surface area (Å²) in [5, 5.41) is 8.80. The Morgan fingerprint density at radius 2 is 2.00 bits per heavy atom. The van der Waals surface area contributed by atoms with Crippen molar-refractivity contribution in [3.05, 3.63) is 35.9 Å². The number of benzene rings is 1. The van der Waals surface area contributed by atoms with E-state index in [1.165, 1.54) is 0 Å². The van der Waals surface area contributed by atoms with Crippen LogP contribution in [0.3, 0.4) is 0 Å². The number of hydrogen-bond acceptors (Lipinski definition) is 2.